The summed E-state index contributed by atoms with van der Waals surface area (Å²) < 4.78 is 0. The van der Waals surface area contributed by atoms with Gasteiger partial charge in [0.1, 0.15) is 5.78 Å². The summed E-state index contributed by atoms with van der Waals surface area (Å²) in [7, 11) is 0. The highest BCUT2D eigenvalue weighted by atomic mass is 16.3. The van der Waals surface area contributed by atoms with Crippen LogP contribution in [0.15, 0.2) is 0 Å². The molecule has 8 atom stereocenters. The lowest BCUT2D eigenvalue weighted by atomic mass is 9.44. The van der Waals surface area contributed by atoms with Gasteiger partial charge in [0.25, 0.3) is 0 Å². The molecule has 4 saturated carbocycles. The Morgan fingerprint density at radius 3 is 2.35 bits per heavy atom. The molecule has 4 aliphatic rings. The van der Waals surface area contributed by atoms with Crippen molar-refractivity contribution in [1.82, 2.24) is 0 Å². The smallest absolute Gasteiger partial charge is 0.133 e. The standard InChI is InChI=1S/C21H34O2/c1-13(22)17-6-7-18-16-5-4-14-12-15(23)8-10-20(14,2)19(16)9-11-21(17,18)3/h14-19,23H,4-12H2,1-3H3/t14-,15?,16?,17?,18+,19?,20-,21-/m1/s1. The summed E-state index contributed by atoms with van der Waals surface area (Å²) in [6, 6.07) is 0. The molecule has 4 rings (SSSR count). The maximum absolute atomic E-state index is 12.2. The minimum absolute atomic E-state index is 0.0490. The molecule has 0 bridgehead atoms. The van der Waals surface area contributed by atoms with Crippen molar-refractivity contribution in [2.24, 2.45) is 40.4 Å². The van der Waals surface area contributed by atoms with Gasteiger partial charge in [-0.1, -0.05) is 13.8 Å². The minimum Gasteiger partial charge on any atom is -0.393 e. The Morgan fingerprint density at radius 1 is 0.913 bits per heavy atom. The Labute approximate surface area is 141 Å². The van der Waals surface area contributed by atoms with E-state index < -0.39 is 0 Å². The Balaban J connectivity index is 1.61. The molecule has 0 heterocycles. The zero-order chi connectivity index (χ0) is 16.4. The second kappa shape index (κ2) is 5.31. The molecule has 4 aliphatic carbocycles. The van der Waals surface area contributed by atoms with Gasteiger partial charge in [0.2, 0.25) is 0 Å². The number of rotatable bonds is 1. The number of aliphatic hydroxyl groups excluding tert-OH is 1. The van der Waals surface area contributed by atoms with E-state index in [-0.39, 0.29) is 11.5 Å². The van der Waals surface area contributed by atoms with Crippen molar-refractivity contribution in [1.29, 1.82) is 0 Å². The van der Waals surface area contributed by atoms with E-state index in [1.165, 1.54) is 38.5 Å². The molecular weight excluding hydrogens is 284 g/mol. The lowest BCUT2D eigenvalue weighted by Crippen LogP contribution is -2.54. The molecule has 1 N–H and O–H groups in total. The molecule has 2 nitrogen and oxygen atoms in total. The van der Waals surface area contributed by atoms with Crippen LogP contribution in [0.1, 0.15) is 78.6 Å². The zero-order valence-electron chi connectivity index (χ0n) is 15.2. The van der Waals surface area contributed by atoms with E-state index in [1.807, 2.05) is 6.92 Å². The van der Waals surface area contributed by atoms with Gasteiger partial charge in [-0.2, -0.15) is 0 Å². The second-order valence-electron chi connectivity index (χ2n) is 9.87. The third kappa shape index (κ3) is 2.19. The van der Waals surface area contributed by atoms with Crippen molar-refractivity contribution in [3.63, 3.8) is 0 Å². The predicted molar refractivity (Wildman–Crippen MR) is 91.9 cm³/mol. The SMILES string of the molecule is CC(=O)C1CC[C@H]2C3CC[C@@H]4CC(O)CC[C@@]4(C)C3CC[C@]12C. The van der Waals surface area contributed by atoms with Gasteiger partial charge in [-0.25, -0.2) is 0 Å². The number of hydrogen-bond donors (Lipinski definition) is 1. The van der Waals surface area contributed by atoms with Gasteiger partial charge in [0.15, 0.2) is 0 Å². The predicted octanol–water partition coefficient (Wildman–Crippen LogP) is 4.60. The van der Waals surface area contributed by atoms with Crippen molar-refractivity contribution in [2.45, 2.75) is 84.7 Å². The Morgan fingerprint density at radius 2 is 1.61 bits per heavy atom. The monoisotopic (exact) mass is 318 g/mol. The van der Waals surface area contributed by atoms with Crippen LogP contribution in [0.2, 0.25) is 0 Å². The van der Waals surface area contributed by atoms with Crippen LogP contribution < -0.4 is 0 Å². The fourth-order valence-corrected chi connectivity index (χ4v) is 7.90. The van der Waals surface area contributed by atoms with E-state index in [9.17, 15) is 9.90 Å². The normalized spacial score (nSPS) is 55.7. The first-order valence-electron chi connectivity index (χ1n) is 10.0. The molecular formula is C21H34O2. The van der Waals surface area contributed by atoms with Crippen molar-refractivity contribution in [2.75, 3.05) is 0 Å². The number of Topliss-reactive ketones (excluding diaryl/α,β-unsaturated/α-hetero) is 1. The quantitative estimate of drug-likeness (QED) is 0.767. The van der Waals surface area contributed by atoms with E-state index >= 15 is 0 Å². The maximum Gasteiger partial charge on any atom is 0.133 e. The molecule has 23 heavy (non-hydrogen) atoms. The van der Waals surface area contributed by atoms with Crippen molar-refractivity contribution < 1.29 is 9.90 Å². The molecule has 0 spiro atoms. The van der Waals surface area contributed by atoms with Gasteiger partial charge in [0, 0.05) is 5.92 Å². The van der Waals surface area contributed by atoms with Crippen LogP contribution in [-0.4, -0.2) is 17.0 Å². The number of ketones is 1. The van der Waals surface area contributed by atoms with Crippen molar-refractivity contribution >= 4 is 5.78 Å². The fraction of sp³-hybridized carbons (Fsp3) is 0.952. The van der Waals surface area contributed by atoms with Gasteiger partial charge in [-0.3, -0.25) is 4.79 Å². The summed E-state index contributed by atoms with van der Waals surface area (Å²) >= 11 is 0. The van der Waals surface area contributed by atoms with E-state index in [2.05, 4.69) is 13.8 Å². The summed E-state index contributed by atoms with van der Waals surface area (Å²) in [5.41, 5.74) is 0.738. The van der Waals surface area contributed by atoms with E-state index in [4.69, 9.17) is 0 Å². The summed E-state index contributed by atoms with van der Waals surface area (Å²) in [4.78, 5) is 12.2. The zero-order valence-corrected chi connectivity index (χ0v) is 15.2. The molecule has 0 aromatic heterocycles. The highest BCUT2D eigenvalue weighted by Gasteiger charge is 2.60. The van der Waals surface area contributed by atoms with E-state index in [1.54, 1.807) is 0 Å². The van der Waals surface area contributed by atoms with E-state index in [0.717, 1.165) is 42.9 Å². The summed E-state index contributed by atoms with van der Waals surface area (Å²) in [5.74, 6) is 3.97. The third-order valence-corrected chi connectivity index (χ3v) is 9.13. The number of hydrogen-bond acceptors (Lipinski definition) is 2. The minimum atomic E-state index is -0.0490. The molecule has 0 aliphatic heterocycles. The molecule has 2 heteroatoms. The summed E-state index contributed by atoms with van der Waals surface area (Å²) in [6.07, 6.45) is 10.9. The molecule has 0 aromatic carbocycles. The van der Waals surface area contributed by atoms with Crippen molar-refractivity contribution in [3.05, 3.63) is 0 Å². The molecule has 0 amide bonds. The lowest BCUT2D eigenvalue weighted by Gasteiger charge is -2.60. The highest BCUT2D eigenvalue weighted by molar-refractivity contribution is 5.79. The number of fused-ring (bicyclic) bond motifs is 5. The molecule has 0 radical (unpaired) electrons. The fourth-order valence-electron chi connectivity index (χ4n) is 7.90. The van der Waals surface area contributed by atoms with Crippen LogP contribution in [0, 0.1) is 40.4 Å². The molecule has 4 fully saturated rings. The first kappa shape index (κ1) is 16.1. The Kier molecular flexibility index (Phi) is 3.72. The average Bonchev–Trinajstić information content (AvgIpc) is 2.85. The van der Waals surface area contributed by atoms with Crippen molar-refractivity contribution in [3.8, 4) is 0 Å². The lowest BCUT2D eigenvalue weighted by molar-refractivity contribution is -0.138. The van der Waals surface area contributed by atoms with Gasteiger partial charge >= 0.3 is 0 Å². The van der Waals surface area contributed by atoms with Crippen LogP contribution in [0.5, 0.6) is 0 Å². The molecule has 0 saturated heterocycles. The largest absolute Gasteiger partial charge is 0.393 e. The van der Waals surface area contributed by atoms with Crippen LogP contribution in [0.4, 0.5) is 0 Å². The molecule has 130 valence electrons. The first-order valence-corrected chi connectivity index (χ1v) is 10.0. The Hall–Kier alpha value is -0.370. The molecule has 4 unspecified atom stereocenters. The van der Waals surface area contributed by atoms with Crippen LogP contribution in [0.25, 0.3) is 0 Å². The maximum atomic E-state index is 12.2. The van der Waals surface area contributed by atoms with Gasteiger partial charge < -0.3 is 5.11 Å². The summed E-state index contributed by atoms with van der Waals surface area (Å²) in [5, 5.41) is 10.1. The van der Waals surface area contributed by atoms with Crippen LogP contribution in [0.3, 0.4) is 0 Å². The Bertz CT molecular complexity index is 500. The van der Waals surface area contributed by atoms with Gasteiger partial charge in [0.05, 0.1) is 6.10 Å². The third-order valence-electron chi connectivity index (χ3n) is 9.13. The van der Waals surface area contributed by atoms with Crippen LogP contribution in [-0.2, 0) is 4.79 Å². The number of carbonyl (C=O) groups excluding carboxylic acids is 1. The van der Waals surface area contributed by atoms with Gasteiger partial charge in [-0.15, -0.1) is 0 Å². The average molecular weight is 319 g/mol. The van der Waals surface area contributed by atoms with Crippen LogP contribution >= 0.6 is 0 Å². The topological polar surface area (TPSA) is 37.3 Å². The first-order chi connectivity index (χ1) is 10.9. The highest BCUT2D eigenvalue weighted by Crippen LogP contribution is 2.67. The molecule has 0 aromatic rings. The second-order valence-corrected chi connectivity index (χ2v) is 9.87. The van der Waals surface area contributed by atoms with Gasteiger partial charge in [-0.05, 0) is 99.2 Å². The summed E-state index contributed by atoms with van der Waals surface area (Å²) in [6.45, 7) is 6.80. The van der Waals surface area contributed by atoms with E-state index in [0.29, 0.717) is 17.1 Å². The number of carbonyl (C=O) groups is 1. The number of aliphatic hydroxyl groups is 1.